The maximum atomic E-state index is 10.6. The van der Waals surface area contributed by atoms with E-state index >= 15 is 0 Å². The van der Waals surface area contributed by atoms with Crippen LogP contribution in [-0.2, 0) is 4.57 Å². The second-order valence-corrected chi connectivity index (χ2v) is 10.1. The molecule has 0 amide bonds. The summed E-state index contributed by atoms with van der Waals surface area (Å²) in [4.78, 5) is 17.3. The molecule has 5 heteroatoms. The Morgan fingerprint density at radius 1 is 1.21 bits per heavy atom. The van der Waals surface area contributed by atoms with Gasteiger partial charge in [-0.05, 0) is 17.8 Å². The Morgan fingerprint density at radius 2 is 1.68 bits per heavy atom. The predicted molar refractivity (Wildman–Crippen MR) is 86.2 cm³/mol. The summed E-state index contributed by atoms with van der Waals surface area (Å²) >= 11 is 0.855. The van der Waals surface area contributed by atoms with E-state index in [9.17, 15) is 4.57 Å². The van der Waals surface area contributed by atoms with Crippen LogP contribution >= 0.6 is 7.60 Å². The molecule has 0 aliphatic rings. The molecular formula is C14H27GeO3P. The summed E-state index contributed by atoms with van der Waals surface area (Å²) in [5, 5.41) is 0. The van der Waals surface area contributed by atoms with Crippen LogP contribution in [0.5, 0.6) is 0 Å². The van der Waals surface area contributed by atoms with E-state index in [1.165, 1.54) is 4.40 Å². The van der Waals surface area contributed by atoms with Crippen LogP contribution in [0.25, 0.3) is 0 Å². The first-order chi connectivity index (χ1) is 8.54. The third kappa shape index (κ3) is 10.4. The van der Waals surface area contributed by atoms with Crippen LogP contribution in [0, 0.1) is 11.3 Å². The number of hydrogen-bond acceptors (Lipinski definition) is 1. The average molecular weight is 347 g/mol. The minimum absolute atomic E-state index is 0.00181. The molecule has 0 aliphatic heterocycles. The van der Waals surface area contributed by atoms with E-state index in [1.807, 2.05) is 13.8 Å². The Bertz CT molecular complexity index is 398. The van der Waals surface area contributed by atoms with Crippen LogP contribution in [0.15, 0.2) is 30.3 Å². The molecular weight excluding hydrogens is 320 g/mol. The topological polar surface area (TPSA) is 57.5 Å². The Hall–Kier alpha value is -0.0871. The first kappa shape index (κ1) is 18.9. The van der Waals surface area contributed by atoms with Crippen molar-refractivity contribution in [2.75, 3.05) is 6.16 Å². The summed E-state index contributed by atoms with van der Waals surface area (Å²) in [6.45, 7) is 8.21. The molecule has 1 aromatic rings. The Labute approximate surface area is 125 Å². The monoisotopic (exact) mass is 348 g/mol. The van der Waals surface area contributed by atoms with Crippen molar-refractivity contribution >= 4 is 28.5 Å². The van der Waals surface area contributed by atoms with Crippen LogP contribution in [0.1, 0.15) is 34.1 Å². The van der Waals surface area contributed by atoms with E-state index in [1.54, 1.807) is 0 Å². The van der Waals surface area contributed by atoms with Gasteiger partial charge in [0.1, 0.15) is 0 Å². The van der Waals surface area contributed by atoms with Gasteiger partial charge in [0.25, 0.3) is 0 Å². The zero-order valence-electron chi connectivity index (χ0n) is 12.6. The number of hydrogen-bond donors (Lipinski definition) is 2. The van der Waals surface area contributed by atoms with E-state index < -0.39 is 7.60 Å². The van der Waals surface area contributed by atoms with Crippen molar-refractivity contribution in [1.82, 2.24) is 0 Å². The molecule has 0 saturated heterocycles. The standard InChI is InChI=1S/C8H19O3P.C6H8Ge/c1-7(2)8(3,4)5-6-12(9,10)11;7-6-4-2-1-3-5-6/h7H,5-6H2,1-4H3,(H2,9,10,11);1-5H,7H3. The quantitative estimate of drug-likeness (QED) is 0.647. The molecule has 0 atom stereocenters. The second kappa shape index (κ2) is 8.26. The molecule has 110 valence electrons. The molecule has 0 unspecified atom stereocenters. The van der Waals surface area contributed by atoms with Crippen LogP contribution < -0.4 is 4.40 Å². The molecule has 1 rings (SSSR count). The summed E-state index contributed by atoms with van der Waals surface area (Å²) in [6.07, 6.45) is 0.577. The van der Waals surface area contributed by atoms with Gasteiger partial charge >= 0.3 is 58.8 Å². The van der Waals surface area contributed by atoms with Crippen LogP contribution in [0.2, 0.25) is 0 Å². The van der Waals surface area contributed by atoms with E-state index in [0.717, 1.165) is 16.5 Å². The summed E-state index contributed by atoms with van der Waals surface area (Å²) < 4.78 is 12.1. The van der Waals surface area contributed by atoms with Crippen molar-refractivity contribution in [3.8, 4) is 0 Å². The molecule has 0 aromatic heterocycles. The SMILES string of the molecule is CC(C)C(C)(C)CCP(=O)(O)O.[GeH3][c]1ccccc1. The van der Waals surface area contributed by atoms with Gasteiger partial charge in [0, 0.05) is 0 Å². The molecule has 3 nitrogen and oxygen atoms in total. The van der Waals surface area contributed by atoms with Gasteiger partial charge in [0.2, 0.25) is 0 Å². The van der Waals surface area contributed by atoms with Crippen molar-refractivity contribution in [3.63, 3.8) is 0 Å². The van der Waals surface area contributed by atoms with Gasteiger partial charge in [-0.25, -0.2) is 0 Å². The molecule has 0 saturated carbocycles. The molecule has 0 spiro atoms. The van der Waals surface area contributed by atoms with Gasteiger partial charge in [-0.2, -0.15) is 0 Å². The molecule has 0 fully saturated rings. The van der Waals surface area contributed by atoms with E-state index in [0.29, 0.717) is 12.3 Å². The van der Waals surface area contributed by atoms with Gasteiger partial charge in [0.05, 0.1) is 6.16 Å². The summed E-state index contributed by atoms with van der Waals surface area (Å²) in [5.41, 5.74) is 0.0150. The van der Waals surface area contributed by atoms with Crippen molar-refractivity contribution in [2.24, 2.45) is 11.3 Å². The van der Waals surface area contributed by atoms with Crippen LogP contribution in [0.4, 0.5) is 0 Å². The van der Waals surface area contributed by atoms with Crippen LogP contribution in [-0.4, -0.2) is 32.5 Å². The summed E-state index contributed by atoms with van der Waals surface area (Å²) in [5.74, 6) is 0.448. The molecule has 2 N–H and O–H groups in total. The molecule has 19 heavy (non-hydrogen) atoms. The van der Waals surface area contributed by atoms with Crippen LogP contribution in [0.3, 0.4) is 0 Å². The molecule has 0 heterocycles. The van der Waals surface area contributed by atoms with Gasteiger partial charge in [-0.15, -0.1) is 0 Å². The Kier molecular flexibility index (Phi) is 8.22. The fourth-order valence-electron chi connectivity index (χ4n) is 1.26. The fourth-order valence-corrected chi connectivity index (χ4v) is 2.93. The first-order valence-corrected chi connectivity index (χ1v) is 10.5. The Balaban J connectivity index is 0.000000388. The van der Waals surface area contributed by atoms with E-state index in [2.05, 4.69) is 44.2 Å². The van der Waals surface area contributed by atoms with Gasteiger partial charge in [-0.3, -0.25) is 4.57 Å². The third-order valence-electron chi connectivity index (χ3n) is 3.55. The minimum atomic E-state index is -3.80. The molecule has 0 aliphatic carbocycles. The fraction of sp³-hybridized carbons (Fsp3) is 0.571. The van der Waals surface area contributed by atoms with Crippen molar-refractivity contribution in [2.45, 2.75) is 34.1 Å². The van der Waals surface area contributed by atoms with E-state index in [4.69, 9.17) is 9.79 Å². The second-order valence-electron chi connectivity index (χ2n) is 5.94. The molecule has 0 bridgehead atoms. The van der Waals surface area contributed by atoms with Gasteiger partial charge in [0.15, 0.2) is 0 Å². The normalized spacial score (nSPS) is 12.2. The molecule has 0 radical (unpaired) electrons. The zero-order valence-corrected chi connectivity index (χ0v) is 17.7. The van der Waals surface area contributed by atoms with Crippen molar-refractivity contribution in [3.05, 3.63) is 30.3 Å². The van der Waals surface area contributed by atoms with Crippen molar-refractivity contribution < 1.29 is 14.4 Å². The zero-order chi connectivity index (χ0) is 15.1. The van der Waals surface area contributed by atoms with Gasteiger partial charge < -0.3 is 9.79 Å². The molecule has 1 aromatic carbocycles. The van der Waals surface area contributed by atoms with Crippen molar-refractivity contribution in [1.29, 1.82) is 0 Å². The number of rotatable bonds is 4. The predicted octanol–water partition coefficient (Wildman–Crippen LogP) is 1.91. The maximum absolute atomic E-state index is 10.6. The first-order valence-electron chi connectivity index (χ1n) is 6.61. The third-order valence-corrected chi connectivity index (χ3v) is 5.76. The summed E-state index contributed by atoms with van der Waals surface area (Å²) in [7, 11) is -3.80. The van der Waals surface area contributed by atoms with E-state index in [-0.39, 0.29) is 11.6 Å². The van der Waals surface area contributed by atoms with Gasteiger partial charge in [-0.1, -0.05) is 27.7 Å². The average Bonchev–Trinajstić information content (AvgIpc) is 2.27. The summed E-state index contributed by atoms with van der Waals surface area (Å²) in [6, 6.07) is 10.6. The Morgan fingerprint density at radius 3 is 1.95 bits per heavy atom. The number of benzene rings is 1.